The lowest BCUT2D eigenvalue weighted by Crippen LogP contribution is -2.46. The highest BCUT2D eigenvalue weighted by Gasteiger charge is 2.46. The lowest BCUT2D eigenvalue weighted by Gasteiger charge is -2.42. The first-order valence-electron chi connectivity index (χ1n) is 11.8. The van der Waals surface area contributed by atoms with Crippen LogP contribution >= 0.6 is 0 Å². The maximum atomic E-state index is 14.4. The molecule has 1 saturated heterocycles. The van der Waals surface area contributed by atoms with Gasteiger partial charge in [-0.1, -0.05) is 84.9 Å². The Balaban J connectivity index is 1.70. The number of ketones is 1. The van der Waals surface area contributed by atoms with Gasteiger partial charge in [0.1, 0.15) is 0 Å². The second-order valence-electron chi connectivity index (χ2n) is 9.01. The molecule has 4 aromatic carbocycles. The molecule has 1 heterocycles. The molecule has 0 unspecified atom stereocenters. The highest BCUT2D eigenvalue weighted by molar-refractivity contribution is 5.94. The molecule has 184 valence electrons. The average Bonchev–Trinajstić information content (AvgIpc) is 2.93. The van der Waals surface area contributed by atoms with E-state index in [1.54, 1.807) is 24.3 Å². The molecule has 0 radical (unpaired) electrons. The SMILES string of the molecule is O=C1[C@H](c2ccccc2)[C@H](c2cccc([N+](=O)[O-])c2)N[C@@H](c2cccc([N+](=O)[O-])c2)[C@H]1c1ccccc1. The zero-order valence-corrected chi connectivity index (χ0v) is 19.6. The van der Waals surface area contributed by atoms with Crippen LogP contribution in [-0.2, 0) is 4.79 Å². The van der Waals surface area contributed by atoms with Crippen LogP contribution in [0.2, 0.25) is 0 Å². The largest absolute Gasteiger partial charge is 0.301 e. The number of rotatable bonds is 6. The van der Waals surface area contributed by atoms with Crippen LogP contribution in [0.3, 0.4) is 0 Å². The summed E-state index contributed by atoms with van der Waals surface area (Å²) < 4.78 is 0. The van der Waals surface area contributed by atoms with Gasteiger partial charge in [-0.15, -0.1) is 0 Å². The summed E-state index contributed by atoms with van der Waals surface area (Å²) in [5.74, 6) is -1.34. The molecule has 0 amide bonds. The second-order valence-corrected chi connectivity index (χ2v) is 9.01. The number of benzene rings is 4. The molecule has 1 aliphatic heterocycles. The van der Waals surface area contributed by atoms with Gasteiger partial charge in [0.2, 0.25) is 0 Å². The summed E-state index contributed by atoms with van der Waals surface area (Å²) in [6.07, 6.45) is 0. The molecule has 5 rings (SSSR count). The normalized spacial score (nSPS) is 21.4. The fourth-order valence-corrected chi connectivity index (χ4v) is 5.18. The lowest BCUT2D eigenvalue weighted by atomic mass is 9.70. The maximum Gasteiger partial charge on any atom is 0.269 e. The molecule has 0 bridgehead atoms. The molecule has 1 N–H and O–H groups in total. The van der Waals surface area contributed by atoms with Crippen molar-refractivity contribution in [3.63, 3.8) is 0 Å². The third kappa shape index (κ3) is 4.74. The predicted octanol–water partition coefficient (Wildman–Crippen LogP) is 6.03. The van der Waals surface area contributed by atoms with E-state index in [-0.39, 0.29) is 17.2 Å². The van der Waals surface area contributed by atoms with Crippen molar-refractivity contribution in [1.82, 2.24) is 5.32 Å². The summed E-state index contributed by atoms with van der Waals surface area (Å²) in [5, 5.41) is 26.6. The summed E-state index contributed by atoms with van der Waals surface area (Å²) in [6.45, 7) is 0. The molecule has 8 heteroatoms. The Morgan fingerprint density at radius 2 is 0.919 bits per heavy atom. The van der Waals surface area contributed by atoms with Crippen LogP contribution in [0.25, 0.3) is 0 Å². The number of carbonyl (C=O) groups excluding carboxylic acids is 1. The smallest absolute Gasteiger partial charge is 0.269 e. The van der Waals surface area contributed by atoms with E-state index in [1.807, 2.05) is 60.7 Å². The Morgan fingerprint density at radius 3 is 1.30 bits per heavy atom. The first-order valence-corrected chi connectivity index (χ1v) is 11.8. The Morgan fingerprint density at radius 1 is 0.541 bits per heavy atom. The van der Waals surface area contributed by atoms with Gasteiger partial charge < -0.3 is 5.32 Å². The summed E-state index contributed by atoms with van der Waals surface area (Å²) in [7, 11) is 0. The first kappa shape index (κ1) is 24.0. The molecular formula is C29H23N3O5. The second kappa shape index (κ2) is 10.1. The van der Waals surface area contributed by atoms with Crippen LogP contribution < -0.4 is 5.32 Å². The molecule has 0 spiro atoms. The molecule has 4 aromatic rings. The summed E-state index contributed by atoms with van der Waals surface area (Å²) in [4.78, 5) is 36.6. The number of hydrogen-bond acceptors (Lipinski definition) is 6. The topological polar surface area (TPSA) is 115 Å². The van der Waals surface area contributed by atoms with Crippen molar-refractivity contribution < 1.29 is 14.6 Å². The van der Waals surface area contributed by atoms with E-state index in [1.165, 1.54) is 24.3 Å². The van der Waals surface area contributed by atoms with E-state index in [2.05, 4.69) is 5.32 Å². The Labute approximate surface area is 212 Å². The van der Waals surface area contributed by atoms with Gasteiger partial charge >= 0.3 is 0 Å². The molecular weight excluding hydrogens is 470 g/mol. The number of nitrogens with one attached hydrogen (secondary N) is 1. The number of nitro benzene ring substituents is 2. The van der Waals surface area contributed by atoms with Gasteiger partial charge in [0.15, 0.2) is 5.78 Å². The van der Waals surface area contributed by atoms with Crippen LogP contribution in [0.5, 0.6) is 0 Å². The average molecular weight is 494 g/mol. The lowest BCUT2D eigenvalue weighted by molar-refractivity contribution is -0.385. The van der Waals surface area contributed by atoms with Crippen molar-refractivity contribution in [2.24, 2.45) is 0 Å². The number of non-ortho nitro benzene ring substituents is 2. The molecule has 0 aromatic heterocycles. The number of nitrogens with zero attached hydrogens (tertiary/aromatic N) is 2. The number of nitro groups is 2. The third-order valence-corrected chi connectivity index (χ3v) is 6.84. The minimum atomic E-state index is -0.636. The monoisotopic (exact) mass is 493 g/mol. The van der Waals surface area contributed by atoms with Crippen molar-refractivity contribution in [2.75, 3.05) is 0 Å². The molecule has 4 atom stereocenters. The van der Waals surface area contributed by atoms with Crippen LogP contribution in [0.1, 0.15) is 46.2 Å². The van der Waals surface area contributed by atoms with Gasteiger partial charge in [0, 0.05) is 36.3 Å². The minimum Gasteiger partial charge on any atom is -0.301 e. The fraction of sp³-hybridized carbons (Fsp3) is 0.138. The van der Waals surface area contributed by atoms with Crippen LogP contribution in [0.15, 0.2) is 109 Å². The quantitative estimate of drug-likeness (QED) is 0.259. The van der Waals surface area contributed by atoms with Crippen molar-refractivity contribution in [3.05, 3.63) is 152 Å². The molecule has 37 heavy (non-hydrogen) atoms. The Kier molecular flexibility index (Phi) is 6.57. The van der Waals surface area contributed by atoms with Crippen LogP contribution in [0, 0.1) is 20.2 Å². The van der Waals surface area contributed by atoms with Crippen molar-refractivity contribution in [2.45, 2.75) is 23.9 Å². The van der Waals surface area contributed by atoms with E-state index < -0.39 is 33.8 Å². The zero-order chi connectivity index (χ0) is 25.9. The molecule has 8 nitrogen and oxygen atoms in total. The van der Waals surface area contributed by atoms with Crippen molar-refractivity contribution >= 4 is 17.2 Å². The number of piperidine rings is 1. The van der Waals surface area contributed by atoms with E-state index in [9.17, 15) is 25.0 Å². The summed E-state index contributed by atoms with van der Waals surface area (Å²) in [6, 6.07) is 30.0. The molecule has 1 fully saturated rings. The van der Waals surface area contributed by atoms with E-state index >= 15 is 0 Å². The molecule has 0 aliphatic carbocycles. The van der Waals surface area contributed by atoms with E-state index in [0.29, 0.717) is 11.1 Å². The summed E-state index contributed by atoms with van der Waals surface area (Å²) in [5.41, 5.74) is 2.62. The van der Waals surface area contributed by atoms with Crippen molar-refractivity contribution in [3.8, 4) is 0 Å². The van der Waals surface area contributed by atoms with Gasteiger partial charge in [-0.05, 0) is 22.3 Å². The first-order chi connectivity index (χ1) is 17.9. The van der Waals surface area contributed by atoms with E-state index in [0.717, 1.165) is 11.1 Å². The number of carbonyl (C=O) groups is 1. The minimum absolute atomic E-state index is 0.0656. The Bertz CT molecular complexity index is 1350. The molecule has 1 aliphatic rings. The summed E-state index contributed by atoms with van der Waals surface area (Å²) >= 11 is 0. The van der Waals surface area contributed by atoms with Gasteiger partial charge in [-0.2, -0.15) is 0 Å². The third-order valence-electron chi connectivity index (χ3n) is 6.84. The van der Waals surface area contributed by atoms with Gasteiger partial charge in [0.05, 0.1) is 21.7 Å². The predicted molar refractivity (Wildman–Crippen MR) is 138 cm³/mol. The van der Waals surface area contributed by atoms with Crippen molar-refractivity contribution in [1.29, 1.82) is 0 Å². The van der Waals surface area contributed by atoms with Gasteiger partial charge in [0.25, 0.3) is 11.4 Å². The van der Waals surface area contributed by atoms with Crippen LogP contribution in [-0.4, -0.2) is 15.6 Å². The fourth-order valence-electron chi connectivity index (χ4n) is 5.18. The Hall–Kier alpha value is -4.69. The zero-order valence-electron chi connectivity index (χ0n) is 19.6. The van der Waals surface area contributed by atoms with Crippen LogP contribution in [0.4, 0.5) is 11.4 Å². The van der Waals surface area contributed by atoms with E-state index in [4.69, 9.17) is 0 Å². The number of Topliss-reactive ketones (excluding diaryl/α,β-unsaturated/α-hetero) is 1. The number of hydrogen-bond donors (Lipinski definition) is 1. The standard InChI is InChI=1S/C29H23N3O5/c33-29-25(19-9-3-1-4-10-19)27(21-13-7-15-23(17-21)31(34)35)30-28(26(29)20-11-5-2-6-12-20)22-14-8-16-24(18-22)32(36)37/h1-18,25-28,30H/t25-,26-,27+,28+/m1/s1. The van der Waals surface area contributed by atoms with Gasteiger partial charge in [-0.25, -0.2) is 0 Å². The highest BCUT2D eigenvalue weighted by Crippen LogP contribution is 2.47. The maximum absolute atomic E-state index is 14.4. The molecule has 0 saturated carbocycles. The highest BCUT2D eigenvalue weighted by atomic mass is 16.6. The van der Waals surface area contributed by atoms with Gasteiger partial charge in [-0.3, -0.25) is 25.0 Å².